The highest BCUT2D eigenvalue weighted by Gasteiger charge is 2.29. The second-order valence-corrected chi connectivity index (χ2v) is 8.46. The van der Waals surface area contributed by atoms with E-state index in [2.05, 4.69) is 12.2 Å². The lowest BCUT2D eigenvalue weighted by Crippen LogP contribution is -2.39. The van der Waals surface area contributed by atoms with Crippen LogP contribution in [0.25, 0.3) is 0 Å². The molecule has 28 heavy (non-hydrogen) atoms. The van der Waals surface area contributed by atoms with Gasteiger partial charge in [0.25, 0.3) is 11.8 Å². The van der Waals surface area contributed by atoms with E-state index in [0.717, 1.165) is 35.8 Å². The third-order valence-electron chi connectivity index (χ3n) is 5.27. The van der Waals surface area contributed by atoms with Crippen LogP contribution in [-0.4, -0.2) is 46.9 Å². The number of hydrogen-bond acceptors (Lipinski definition) is 4. The van der Waals surface area contributed by atoms with Crippen LogP contribution in [0.5, 0.6) is 5.75 Å². The fraction of sp³-hybridized carbons (Fsp3) is 0.364. The zero-order valence-electron chi connectivity index (χ0n) is 15.9. The van der Waals surface area contributed by atoms with Gasteiger partial charge in [-0.05, 0) is 48.9 Å². The Labute approximate surface area is 169 Å². The van der Waals surface area contributed by atoms with Gasteiger partial charge in [0, 0.05) is 36.0 Å². The number of carbonyl (C=O) groups is 2. The van der Waals surface area contributed by atoms with Crippen LogP contribution < -0.4 is 10.1 Å². The summed E-state index contributed by atoms with van der Waals surface area (Å²) in [6.07, 6.45) is 1.02. The predicted octanol–water partition coefficient (Wildman–Crippen LogP) is 3.60. The molecule has 2 aliphatic heterocycles. The molecule has 0 spiro atoms. The van der Waals surface area contributed by atoms with E-state index >= 15 is 0 Å². The standard InChI is InChI=1S/C22H24N2O3S/c1-15-9-11-28-12-10-24(15)22(26)17-6-4-7-18(13-17)23-21(25)20-14-16-5-2-3-8-19(16)27-20/h2-8,13,15,20H,9-12,14H2,1H3,(H,23,25)/t15-,20-/m0/s1. The molecule has 1 fully saturated rings. The highest BCUT2D eigenvalue weighted by atomic mass is 32.2. The third kappa shape index (κ3) is 4.02. The summed E-state index contributed by atoms with van der Waals surface area (Å²) in [7, 11) is 0. The highest BCUT2D eigenvalue weighted by molar-refractivity contribution is 7.99. The van der Waals surface area contributed by atoms with Crippen LogP contribution in [0.15, 0.2) is 48.5 Å². The van der Waals surface area contributed by atoms with E-state index in [4.69, 9.17) is 4.74 Å². The zero-order chi connectivity index (χ0) is 19.5. The average Bonchev–Trinajstić information content (AvgIpc) is 3.03. The predicted molar refractivity (Wildman–Crippen MR) is 112 cm³/mol. The van der Waals surface area contributed by atoms with E-state index in [1.165, 1.54) is 0 Å². The van der Waals surface area contributed by atoms with Gasteiger partial charge in [-0.3, -0.25) is 9.59 Å². The van der Waals surface area contributed by atoms with Crippen LogP contribution in [0.4, 0.5) is 5.69 Å². The molecule has 6 heteroatoms. The summed E-state index contributed by atoms with van der Waals surface area (Å²) in [6.45, 7) is 2.86. The van der Waals surface area contributed by atoms with E-state index in [-0.39, 0.29) is 17.9 Å². The van der Waals surface area contributed by atoms with Gasteiger partial charge in [-0.25, -0.2) is 0 Å². The van der Waals surface area contributed by atoms with Crippen molar-refractivity contribution in [3.8, 4) is 5.75 Å². The molecule has 0 bridgehead atoms. The minimum absolute atomic E-state index is 0.0237. The summed E-state index contributed by atoms with van der Waals surface area (Å²) >= 11 is 1.89. The van der Waals surface area contributed by atoms with Gasteiger partial charge in [0.15, 0.2) is 6.10 Å². The molecule has 1 N–H and O–H groups in total. The van der Waals surface area contributed by atoms with E-state index in [1.54, 1.807) is 12.1 Å². The van der Waals surface area contributed by atoms with Crippen molar-refractivity contribution in [2.24, 2.45) is 0 Å². The summed E-state index contributed by atoms with van der Waals surface area (Å²) in [4.78, 5) is 27.6. The van der Waals surface area contributed by atoms with Crippen molar-refractivity contribution in [3.05, 3.63) is 59.7 Å². The number of ether oxygens (including phenoxy) is 1. The third-order valence-corrected chi connectivity index (χ3v) is 6.26. The van der Waals surface area contributed by atoms with Gasteiger partial charge in [0.2, 0.25) is 0 Å². The summed E-state index contributed by atoms with van der Waals surface area (Å²) in [6, 6.07) is 15.1. The first-order chi connectivity index (χ1) is 13.6. The lowest BCUT2D eigenvalue weighted by atomic mass is 10.1. The molecule has 1 saturated heterocycles. The Balaban J connectivity index is 1.44. The van der Waals surface area contributed by atoms with Crippen LogP contribution in [0.1, 0.15) is 29.3 Å². The van der Waals surface area contributed by atoms with E-state index in [1.807, 2.05) is 53.1 Å². The Kier molecular flexibility index (Phi) is 5.57. The van der Waals surface area contributed by atoms with Crippen LogP contribution in [0, 0.1) is 0 Å². The molecule has 2 aromatic rings. The molecule has 4 rings (SSSR count). The van der Waals surface area contributed by atoms with E-state index < -0.39 is 6.10 Å². The minimum atomic E-state index is -0.542. The lowest BCUT2D eigenvalue weighted by molar-refractivity contribution is -0.122. The molecule has 2 aromatic carbocycles. The van der Waals surface area contributed by atoms with Crippen molar-refractivity contribution in [1.29, 1.82) is 0 Å². The van der Waals surface area contributed by atoms with E-state index in [0.29, 0.717) is 17.7 Å². The smallest absolute Gasteiger partial charge is 0.265 e. The Bertz CT molecular complexity index is 861. The number of rotatable bonds is 3. The van der Waals surface area contributed by atoms with Crippen molar-refractivity contribution in [2.45, 2.75) is 31.9 Å². The van der Waals surface area contributed by atoms with Crippen molar-refractivity contribution in [3.63, 3.8) is 0 Å². The summed E-state index contributed by atoms with van der Waals surface area (Å²) in [5, 5.41) is 2.90. The Morgan fingerprint density at radius 3 is 2.86 bits per heavy atom. The molecule has 5 nitrogen and oxygen atoms in total. The van der Waals surface area contributed by atoms with Gasteiger partial charge in [-0.2, -0.15) is 11.8 Å². The van der Waals surface area contributed by atoms with Gasteiger partial charge in [0.1, 0.15) is 5.75 Å². The number of nitrogens with zero attached hydrogens (tertiary/aromatic N) is 1. The Morgan fingerprint density at radius 1 is 1.14 bits per heavy atom. The molecular weight excluding hydrogens is 372 g/mol. The highest BCUT2D eigenvalue weighted by Crippen LogP contribution is 2.29. The summed E-state index contributed by atoms with van der Waals surface area (Å²) in [5.74, 6) is 2.65. The topological polar surface area (TPSA) is 58.6 Å². The fourth-order valence-electron chi connectivity index (χ4n) is 3.64. The molecule has 2 amide bonds. The van der Waals surface area contributed by atoms with Crippen molar-refractivity contribution < 1.29 is 14.3 Å². The Morgan fingerprint density at radius 2 is 2.00 bits per heavy atom. The number of fused-ring (bicyclic) bond motifs is 1. The number of hydrogen-bond donors (Lipinski definition) is 1. The van der Waals surface area contributed by atoms with Gasteiger partial charge < -0.3 is 15.0 Å². The molecule has 0 aromatic heterocycles. The maximum atomic E-state index is 13.0. The first-order valence-corrected chi connectivity index (χ1v) is 10.8. The molecule has 2 atom stereocenters. The first kappa shape index (κ1) is 18.9. The van der Waals surface area contributed by atoms with Crippen LogP contribution in [0.3, 0.4) is 0 Å². The number of benzene rings is 2. The van der Waals surface area contributed by atoms with Gasteiger partial charge in [0.05, 0.1) is 0 Å². The molecule has 0 radical (unpaired) electrons. The zero-order valence-corrected chi connectivity index (χ0v) is 16.7. The van der Waals surface area contributed by atoms with Crippen molar-refractivity contribution >= 4 is 29.3 Å². The minimum Gasteiger partial charge on any atom is -0.480 e. The average molecular weight is 397 g/mol. The summed E-state index contributed by atoms with van der Waals surface area (Å²) in [5.41, 5.74) is 2.26. The molecule has 2 heterocycles. The normalized spacial score (nSPS) is 21.4. The van der Waals surface area contributed by atoms with Crippen molar-refractivity contribution in [2.75, 3.05) is 23.4 Å². The van der Waals surface area contributed by atoms with Gasteiger partial charge in [-0.1, -0.05) is 24.3 Å². The molecular formula is C22H24N2O3S. The van der Waals surface area contributed by atoms with E-state index in [9.17, 15) is 9.59 Å². The number of nitrogens with one attached hydrogen (secondary N) is 1. The molecule has 2 aliphatic rings. The number of thioether (sulfide) groups is 1. The lowest BCUT2D eigenvalue weighted by Gasteiger charge is -2.27. The van der Waals surface area contributed by atoms with Crippen LogP contribution in [-0.2, 0) is 11.2 Å². The molecule has 0 aliphatic carbocycles. The molecule has 0 saturated carbocycles. The number of para-hydroxylation sites is 1. The van der Waals surface area contributed by atoms with Crippen molar-refractivity contribution in [1.82, 2.24) is 4.90 Å². The second kappa shape index (κ2) is 8.27. The second-order valence-electron chi connectivity index (χ2n) is 7.24. The molecule has 0 unspecified atom stereocenters. The summed E-state index contributed by atoms with van der Waals surface area (Å²) < 4.78 is 5.75. The monoisotopic (exact) mass is 396 g/mol. The number of amides is 2. The SMILES string of the molecule is C[C@H]1CCSCCN1C(=O)c1cccc(NC(=O)[C@@H]2Cc3ccccc3O2)c1. The maximum Gasteiger partial charge on any atom is 0.265 e. The number of anilines is 1. The first-order valence-electron chi connectivity index (χ1n) is 9.66. The number of carbonyl (C=O) groups excluding carboxylic acids is 2. The largest absolute Gasteiger partial charge is 0.480 e. The maximum absolute atomic E-state index is 13.0. The Hall–Kier alpha value is -2.47. The van der Waals surface area contributed by atoms with Gasteiger partial charge in [-0.15, -0.1) is 0 Å². The van der Waals surface area contributed by atoms with Gasteiger partial charge >= 0.3 is 0 Å². The molecule has 146 valence electrons. The van der Waals surface area contributed by atoms with Crippen LogP contribution in [0.2, 0.25) is 0 Å². The quantitative estimate of drug-likeness (QED) is 0.861. The fourth-order valence-corrected chi connectivity index (χ4v) is 4.68. The van der Waals surface area contributed by atoms with Crippen LogP contribution >= 0.6 is 11.8 Å².